The lowest BCUT2D eigenvalue weighted by Gasteiger charge is -2.14. The predicted molar refractivity (Wildman–Crippen MR) is 104 cm³/mol. The number of amides is 2. The van der Waals surface area contributed by atoms with Crippen LogP contribution in [0.2, 0.25) is 0 Å². The number of aromatic amines is 1. The highest BCUT2D eigenvalue weighted by molar-refractivity contribution is 5.97. The molecule has 0 radical (unpaired) electrons. The highest BCUT2D eigenvalue weighted by atomic mass is 16.2. The van der Waals surface area contributed by atoms with Crippen LogP contribution < -0.4 is 10.6 Å². The summed E-state index contributed by atoms with van der Waals surface area (Å²) in [6.07, 6.45) is 0.718. The molecular weight excluding hydrogens is 354 g/mol. The summed E-state index contributed by atoms with van der Waals surface area (Å²) in [6, 6.07) is 15.7. The lowest BCUT2D eigenvalue weighted by molar-refractivity contribution is -0.127. The van der Waals surface area contributed by atoms with E-state index in [1.807, 2.05) is 30.3 Å². The molecule has 140 valence electrons. The van der Waals surface area contributed by atoms with Gasteiger partial charge in [-0.15, -0.1) is 0 Å². The fourth-order valence-electron chi connectivity index (χ4n) is 3.20. The van der Waals surface area contributed by atoms with Crippen LogP contribution in [-0.4, -0.2) is 27.8 Å². The Bertz CT molecular complexity index is 1050. The van der Waals surface area contributed by atoms with E-state index in [4.69, 9.17) is 5.26 Å². The molecule has 1 unspecified atom stereocenters. The molecule has 3 aromatic rings. The number of anilines is 1. The predicted octanol–water partition coefficient (Wildman–Crippen LogP) is 2.68. The molecule has 1 saturated carbocycles. The van der Waals surface area contributed by atoms with Crippen LogP contribution in [0.25, 0.3) is 11.0 Å². The first-order chi connectivity index (χ1) is 13.5. The van der Waals surface area contributed by atoms with E-state index >= 15 is 0 Å². The summed E-state index contributed by atoms with van der Waals surface area (Å²) < 4.78 is 0. The summed E-state index contributed by atoms with van der Waals surface area (Å²) in [4.78, 5) is 32.6. The number of nitrogens with one attached hydrogen (secondary N) is 3. The number of imidazole rings is 1. The zero-order chi connectivity index (χ0) is 19.7. The Morgan fingerprint density at radius 1 is 1.21 bits per heavy atom. The Hall–Kier alpha value is -3.66. The van der Waals surface area contributed by atoms with Gasteiger partial charge in [-0.1, -0.05) is 12.1 Å². The quantitative estimate of drug-likeness (QED) is 0.638. The van der Waals surface area contributed by atoms with E-state index in [0.717, 1.165) is 23.3 Å². The summed E-state index contributed by atoms with van der Waals surface area (Å²) in [5.74, 6) is 0.245. The molecule has 1 fully saturated rings. The van der Waals surface area contributed by atoms with E-state index in [1.165, 1.54) is 0 Å². The second kappa shape index (κ2) is 7.16. The van der Waals surface area contributed by atoms with Gasteiger partial charge in [-0.05, 0) is 49.7 Å². The van der Waals surface area contributed by atoms with Gasteiger partial charge in [-0.25, -0.2) is 4.98 Å². The maximum absolute atomic E-state index is 12.5. The lowest BCUT2D eigenvalue weighted by Crippen LogP contribution is -2.42. The largest absolute Gasteiger partial charge is 0.344 e. The number of nitrogens with zero attached hydrogens (tertiary/aromatic N) is 2. The monoisotopic (exact) mass is 373 g/mol. The van der Waals surface area contributed by atoms with E-state index in [0.29, 0.717) is 11.3 Å². The minimum atomic E-state index is -0.667. The van der Waals surface area contributed by atoms with Crippen molar-refractivity contribution in [1.82, 2.24) is 15.3 Å². The number of rotatable bonds is 5. The molecule has 0 saturated heterocycles. The summed E-state index contributed by atoms with van der Waals surface area (Å²) in [6.45, 7) is 1.65. The van der Waals surface area contributed by atoms with Crippen molar-refractivity contribution in [2.24, 2.45) is 5.92 Å². The number of aromatic nitrogens is 2. The first kappa shape index (κ1) is 17.7. The molecule has 2 amide bonds. The van der Waals surface area contributed by atoms with Gasteiger partial charge in [0.2, 0.25) is 11.8 Å². The molecule has 2 aromatic carbocycles. The smallest absolute Gasteiger partial charge is 0.246 e. The molecule has 3 atom stereocenters. The van der Waals surface area contributed by atoms with Crippen molar-refractivity contribution in [2.75, 3.05) is 5.32 Å². The molecule has 3 N–H and O–H groups in total. The van der Waals surface area contributed by atoms with Gasteiger partial charge >= 0.3 is 0 Å². The molecule has 0 aliphatic heterocycles. The van der Waals surface area contributed by atoms with Crippen LogP contribution in [0.5, 0.6) is 0 Å². The van der Waals surface area contributed by atoms with Crippen LogP contribution in [0.3, 0.4) is 0 Å². The maximum Gasteiger partial charge on any atom is 0.246 e. The normalized spacial score (nSPS) is 18.9. The molecule has 7 nitrogen and oxygen atoms in total. The molecule has 7 heteroatoms. The number of nitriles is 1. The van der Waals surface area contributed by atoms with Gasteiger partial charge in [0, 0.05) is 17.5 Å². The third-order valence-corrected chi connectivity index (χ3v) is 4.92. The lowest BCUT2D eigenvalue weighted by atomic mass is 10.2. The highest BCUT2D eigenvalue weighted by Crippen LogP contribution is 2.46. The Labute approximate surface area is 161 Å². The van der Waals surface area contributed by atoms with Crippen molar-refractivity contribution in [1.29, 1.82) is 5.26 Å². The van der Waals surface area contributed by atoms with Gasteiger partial charge in [-0.2, -0.15) is 5.26 Å². The molecule has 1 heterocycles. The zero-order valence-electron chi connectivity index (χ0n) is 15.3. The minimum absolute atomic E-state index is 0.0567. The SMILES string of the molecule is CC(NC(=O)[C@@H]1C[C@H]1c1nc2ccccc2[nH]1)C(=O)Nc1ccc(C#N)cc1. The van der Waals surface area contributed by atoms with Gasteiger partial charge in [0.05, 0.1) is 22.7 Å². The van der Waals surface area contributed by atoms with Crippen LogP contribution in [0, 0.1) is 17.2 Å². The molecule has 0 spiro atoms. The first-order valence-electron chi connectivity index (χ1n) is 9.11. The summed E-state index contributed by atoms with van der Waals surface area (Å²) in [7, 11) is 0. The molecule has 0 bridgehead atoms. The number of H-pyrrole nitrogens is 1. The number of carbonyl (C=O) groups excluding carboxylic acids is 2. The van der Waals surface area contributed by atoms with Crippen LogP contribution in [0.15, 0.2) is 48.5 Å². The number of hydrogen-bond acceptors (Lipinski definition) is 4. The summed E-state index contributed by atoms with van der Waals surface area (Å²) in [5, 5.41) is 14.3. The molecule has 4 rings (SSSR count). The van der Waals surface area contributed by atoms with Gasteiger partial charge in [0.15, 0.2) is 0 Å². The summed E-state index contributed by atoms with van der Waals surface area (Å²) >= 11 is 0. The Kier molecular flexibility index (Phi) is 4.53. The van der Waals surface area contributed by atoms with E-state index < -0.39 is 6.04 Å². The Morgan fingerprint density at radius 3 is 2.68 bits per heavy atom. The van der Waals surface area contributed by atoms with Crippen LogP contribution in [-0.2, 0) is 9.59 Å². The topological polar surface area (TPSA) is 111 Å². The van der Waals surface area contributed by atoms with Crippen molar-refractivity contribution in [3.63, 3.8) is 0 Å². The fourth-order valence-corrected chi connectivity index (χ4v) is 3.20. The fraction of sp³-hybridized carbons (Fsp3) is 0.238. The van der Waals surface area contributed by atoms with Crippen LogP contribution in [0.4, 0.5) is 5.69 Å². The molecule has 28 heavy (non-hydrogen) atoms. The standard InChI is InChI=1S/C21H19N5O2/c1-12(20(27)24-14-8-6-13(11-22)7-9-14)23-21(28)16-10-15(16)19-25-17-4-2-3-5-18(17)26-19/h2-9,12,15-16H,10H2,1H3,(H,23,28)(H,24,27)(H,25,26)/t12?,15-,16-/m1/s1. The third-order valence-electron chi connectivity index (χ3n) is 4.92. The van der Waals surface area contributed by atoms with E-state index in [9.17, 15) is 9.59 Å². The Balaban J connectivity index is 1.33. The van der Waals surface area contributed by atoms with E-state index in [-0.39, 0.29) is 23.7 Å². The average molecular weight is 373 g/mol. The number of hydrogen-bond donors (Lipinski definition) is 3. The average Bonchev–Trinajstić information content (AvgIpc) is 3.40. The van der Waals surface area contributed by atoms with Crippen molar-refractivity contribution in [3.05, 3.63) is 59.9 Å². The molecule has 1 aliphatic carbocycles. The maximum atomic E-state index is 12.5. The van der Waals surface area contributed by atoms with Gasteiger partial charge in [0.1, 0.15) is 11.9 Å². The van der Waals surface area contributed by atoms with Gasteiger partial charge in [-0.3, -0.25) is 9.59 Å². The number of fused-ring (bicyclic) bond motifs is 1. The van der Waals surface area contributed by atoms with Crippen LogP contribution >= 0.6 is 0 Å². The molecule has 1 aromatic heterocycles. The van der Waals surface area contributed by atoms with Crippen molar-refractivity contribution in [3.8, 4) is 6.07 Å². The first-order valence-corrected chi connectivity index (χ1v) is 9.11. The van der Waals surface area contributed by atoms with Crippen molar-refractivity contribution >= 4 is 28.5 Å². The molecular formula is C21H19N5O2. The minimum Gasteiger partial charge on any atom is -0.344 e. The van der Waals surface area contributed by atoms with Crippen molar-refractivity contribution in [2.45, 2.75) is 25.3 Å². The zero-order valence-corrected chi connectivity index (χ0v) is 15.3. The second-order valence-electron chi connectivity index (χ2n) is 7.00. The Morgan fingerprint density at radius 2 is 1.96 bits per heavy atom. The van der Waals surface area contributed by atoms with Crippen LogP contribution in [0.1, 0.15) is 30.7 Å². The highest BCUT2D eigenvalue weighted by Gasteiger charge is 2.46. The molecule has 1 aliphatic rings. The van der Waals surface area contributed by atoms with E-state index in [1.54, 1.807) is 31.2 Å². The van der Waals surface area contributed by atoms with Gasteiger partial charge in [0.25, 0.3) is 0 Å². The number of para-hydroxylation sites is 2. The number of benzene rings is 2. The second-order valence-corrected chi connectivity index (χ2v) is 7.00. The van der Waals surface area contributed by atoms with Crippen molar-refractivity contribution < 1.29 is 9.59 Å². The van der Waals surface area contributed by atoms with E-state index in [2.05, 4.69) is 20.6 Å². The number of carbonyl (C=O) groups is 2. The van der Waals surface area contributed by atoms with Gasteiger partial charge < -0.3 is 15.6 Å². The summed E-state index contributed by atoms with van der Waals surface area (Å²) in [5.41, 5.74) is 2.94. The third kappa shape index (κ3) is 3.58.